The maximum atomic E-state index is 13.0. The Hall–Kier alpha value is -3.24. The number of carbonyl (C=O) groups is 3. The first kappa shape index (κ1) is 22.9. The summed E-state index contributed by atoms with van der Waals surface area (Å²) in [5.41, 5.74) is 1.10. The molecular weight excluding hydrogens is 426 g/mol. The summed E-state index contributed by atoms with van der Waals surface area (Å²) in [6.45, 7) is 3.16. The van der Waals surface area contributed by atoms with E-state index in [4.69, 9.17) is 9.84 Å². The number of hydrogen-bond acceptors (Lipinski definition) is 7. The van der Waals surface area contributed by atoms with E-state index in [1.165, 1.54) is 0 Å². The molecule has 0 radical (unpaired) electrons. The summed E-state index contributed by atoms with van der Waals surface area (Å²) in [5.74, 6) is -0.211. The van der Waals surface area contributed by atoms with Crippen molar-refractivity contribution in [1.29, 1.82) is 0 Å². The van der Waals surface area contributed by atoms with E-state index < -0.39 is 12.6 Å². The van der Waals surface area contributed by atoms with Crippen molar-refractivity contribution in [1.82, 2.24) is 25.1 Å². The first-order valence-corrected chi connectivity index (χ1v) is 11.2. The monoisotopic (exact) mass is 455 g/mol. The first-order valence-electron chi connectivity index (χ1n) is 11.2. The number of aromatic nitrogens is 2. The second-order valence-electron chi connectivity index (χ2n) is 8.41. The topological polar surface area (TPSA) is 128 Å². The number of rotatable bonds is 9. The van der Waals surface area contributed by atoms with Crippen molar-refractivity contribution in [2.24, 2.45) is 0 Å². The van der Waals surface area contributed by atoms with Gasteiger partial charge >= 0.3 is 5.97 Å². The van der Waals surface area contributed by atoms with Gasteiger partial charge < -0.3 is 25.0 Å². The van der Waals surface area contributed by atoms with Crippen LogP contribution < -0.4 is 10.1 Å². The van der Waals surface area contributed by atoms with E-state index in [1.54, 1.807) is 35.5 Å². The highest BCUT2D eigenvalue weighted by Gasteiger charge is 2.30. The number of carboxylic acids is 1. The molecule has 2 aliphatic heterocycles. The highest BCUT2D eigenvalue weighted by Crippen LogP contribution is 2.23. The lowest BCUT2D eigenvalue weighted by Gasteiger charge is -2.40. The van der Waals surface area contributed by atoms with E-state index in [9.17, 15) is 14.4 Å². The summed E-state index contributed by atoms with van der Waals surface area (Å²) >= 11 is 0. The molecule has 10 nitrogen and oxygen atoms in total. The smallest absolute Gasteiger partial charge is 0.341 e. The van der Waals surface area contributed by atoms with Gasteiger partial charge in [0.05, 0.1) is 13.1 Å². The molecule has 1 aromatic carbocycles. The zero-order valence-corrected chi connectivity index (χ0v) is 18.5. The predicted molar refractivity (Wildman–Crippen MR) is 119 cm³/mol. The highest BCUT2D eigenvalue weighted by atomic mass is 16.5. The van der Waals surface area contributed by atoms with Crippen molar-refractivity contribution in [3.63, 3.8) is 0 Å². The number of ether oxygens (including phenoxy) is 1. The zero-order valence-electron chi connectivity index (χ0n) is 18.5. The van der Waals surface area contributed by atoms with Crippen LogP contribution >= 0.6 is 0 Å². The number of nitrogens with one attached hydrogen (secondary N) is 2. The van der Waals surface area contributed by atoms with Gasteiger partial charge in [-0.1, -0.05) is 0 Å². The SMILES string of the molecule is O=C(O)COc1ccc(C(=O)CN2CCN(C3CCNCC3)CC2=O)cc1Cc1ncc[nH]1. The molecule has 176 valence electrons. The van der Waals surface area contributed by atoms with Crippen molar-refractivity contribution in [3.8, 4) is 5.75 Å². The van der Waals surface area contributed by atoms with E-state index in [0.717, 1.165) is 32.5 Å². The van der Waals surface area contributed by atoms with Gasteiger partial charge in [0.1, 0.15) is 11.6 Å². The Morgan fingerprint density at radius 3 is 2.73 bits per heavy atom. The number of piperidine rings is 1. The van der Waals surface area contributed by atoms with Crippen molar-refractivity contribution in [3.05, 3.63) is 47.5 Å². The second kappa shape index (κ2) is 10.6. The fraction of sp³-hybridized carbons (Fsp3) is 0.478. The maximum Gasteiger partial charge on any atom is 0.341 e. The minimum absolute atomic E-state index is 0.0222. The van der Waals surface area contributed by atoms with E-state index in [2.05, 4.69) is 20.2 Å². The average Bonchev–Trinajstić information content (AvgIpc) is 3.33. The van der Waals surface area contributed by atoms with Crippen molar-refractivity contribution < 1.29 is 24.2 Å². The number of nitrogens with zero attached hydrogens (tertiary/aromatic N) is 3. The number of piperazine rings is 1. The van der Waals surface area contributed by atoms with Gasteiger partial charge in [0.15, 0.2) is 12.4 Å². The number of H-pyrrole nitrogens is 1. The molecule has 0 saturated carbocycles. The number of carboxylic acid groups (broad SMARTS) is 1. The van der Waals surface area contributed by atoms with Gasteiger partial charge in [-0.05, 0) is 44.1 Å². The molecule has 0 bridgehead atoms. The van der Waals surface area contributed by atoms with Crippen molar-refractivity contribution >= 4 is 17.7 Å². The fourth-order valence-corrected chi connectivity index (χ4v) is 4.39. The zero-order chi connectivity index (χ0) is 23.2. The number of aliphatic carboxylic acids is 1. The third-order valence-electron chi connectivity index (χ3n) is 6.15. The quantitative estimate of drug-likeness (QED) is 0.468. The molecule has 3 heterocycles. The molecule has 0 atom stereocenters. The lowest BCUT2D eigenvalue weighted by molar-refractivity contribution is -0.139. The number of amides is 1. The van der Waals surface area contributed by atoms with Crippen LogP contribution in [0.4, 0.5) is 0 Å². The number of hydrogen-bond donors (Lipinski definition) is 3. The number of benzene rings is 1. The van der Waals surface area contributed by atoms with Crippen LogP contribution in [0.25, 0.3) is 0 Å². The molecule has 2 fully saturated rings. The standard InChI is InChI=1S/C23H29N5O5/c29-19(13-28-10-9-27(14-22(28)30)18-3-5-24-6-4-18)16-1-2-20(33-15-23(31)32)17(11-16)12-21-25-7-8-26-21/h1-2,7-8,11,18,24H,3-6,9-10,12-15H2,(H,25,26)(H,31,32). The van der Waals surface area contributed by atoms with Gasteiger partial charge in [-0.25, -0.2) is 9.78 Å². The van der Waals surface area contributed by atoms with Gasteiger partial charge in [0.2, 0.25) is 5.91 Å². The Labute approximate surface area is 191 Å². The van der Waals surface area contributed by atoms with E-state index >= 15 is 0 Å². The Morgan fingerprint density at radius 2 is 2.03 bits per heavy atom. The van der Waals surface area contributed by atoms with Crippen LogP contribution in [-0.2, 0) is 16.0 Å². The van der Waals surface area contributed by atoms with E-state index in [1.807, 2.05) is 0 Å². The third-order valence-corrected chi connectivity index (χ3v) is 6.15. The lowest BCUT2D eigenvalue weighted by atomic mass is 10.0. The van der Waals surface area contributed by atoms with Crippen LogP contribution in [0.3, 0.4) is 0 Å². The van der Waals surface area contributed by atoms with Crippen LogP contribution in [0.1, 0.15) is 34.6 Å². The summed E-state index contributed by atoms with van der Waals surface area (Å²) < 4.78 is 5.39. The molecule has 4 rings (SSSR count). The normalized spacial score (nSPS) is 17.8. The Balaban J connectivity index is 1.41. The Bertz CT molecular complexity index is 987. The minimum atomic E-state index is -1.08. The molecule has 3 N–H and O–H groups in total. The largest absolute Gasteiger partial charge is 0.482 e. The third kappa shape index (κ3) is 5.96. The number of ketones is 1. The van der Waals surface area contributed by atoms with Crippen LogP contribution in [-0.4, -0.2) is 94.5 Å². The first-order chi connectivity index (χ1) is 16.0. The second-order valence-corrected chi connectivity index (χ2v) is 8.41. The Kier molecular flexibility index (Phi) is 7.36. The molecule has 1 amide bonds. The van der Waals surface area contributed by atoms with E-state index in [-0.39, 0.29) is 18.2 Å². The van der Waals surface area contributed by atoms with Gasteiger partial charge in [-0.3, -0.25) is 14.5 Å². The van der Waals surface area contributed by atoms with Gasteiger partial charge in [0.25, 0.3) is 0 Å². The molecule has 0 spiro atoms. The summed E-state index contributed by atoms with van der Waals surface area (Å²) in [4.78, 5) is 47.7. The summed E-state index contributed by atoms with van der Waals surface area (Å²) in [5, 5.41) is 12.3. The van der Waals surface area contributed by atoms with Crippen LogP contribution in [0.5, 0.6) is 5.75 Å². The van der Waals surface area contributed by atoms with Crippen LogP contribution in [0.15, 0.2) is 30.6 Å². The van der Waals surface area contributed by atoms with Gasteiger partial charge in [0, 0.05) is 49.1 Å². The number of Topliss-reactive ketones (excluding diaryl/α,β-unsaturated/α-hetero) is 1. The predicted octanol–water partition coefficient (Wildman–Crippen LogP) is 0.543. The summed E-state index contributed by atoms with van der Waals surface area (Å²) in [7, 11) is 0. The number of carbonyl (C=O) groups excluding carboxylic acids is 2. The molecule has 2 saturated heterocycles. The average molecular weight is 456 g/mol. The molecule has 1 aromatic heterocycles. The van der Waals surface area contributed by atoms with Crippen molar-refractivity contribution in [2.45, 2.75) is 25.3 Å². The van der Waals surface area contributed by atoms with Crippen LogP contribution in [0, 0.1) is 0 Å². The fourth-order valence-electron chi connectivity index (χ4n) is 4.39. The summed E-state index contributed by atoms with van der Waals surface area (Å²) in [6.07, 6.45) is 5.76. The number of imidazole rings is 1. The van der Waals surface area contributed by atoms with Crippen LogP contribution in [0.2, 0.25) is 0 Å². The molecule has 33 heavy (non-hydrogen) atoms. The van der Waals surface area contributed by atoms with Crippen molar-refractivity contribution in [2.75, 3.05) is 45.9 Å². The summed E-state index contributed by atoms with van der Waals surface area (Å²) in [6, 6.07) is 5.33. The minimum Gasteiger partial charge on any atom is -0.482 e. The molecule has 10 heteroatoms. The van der Waals surface area contributed by atoms with Gasteiger partial charge in [-0.2, -0.15) is 0 Å². The van der Waals surface area contributed by atoms with Gasteiger partial charge in [-0.15, -0.1) is 0 Å². The Morgan fingerprint density at radius 1 is 1.21 bits per heavy atom. The van der Waals surface area contributed by atoms with E-state index in [0.29, 0.717) is 48.3 Å². The highest BCUT2D eigenvalue weighted by molar-refractivity contribution is 6.00. The maximum absolute atomic E-state index is 13.0. The molecule has 0 aliphatic carbocycles. The number of aromatic amines is 1. The molecule has 2 aromatic rings. The molecular formula is C23H29N5O5. The molecule has 0 unspecified atom stereocenters. The lowest BCUT2D eigenvalue weighted by Crippen LogP contribution is -2.56. The molecule has 2 aliphatic rings.